The first-order chi connectivity index (χ1) is 9.20. The minimum Gasteiger partial charge on any atom is -0.439 e. The fourth-order valence-corrected chi connectivity index (χ4v) is 2.79. The number of oxazole rings is 1. The normalized spacial score (nSPS) is 15.2. The van der Waals surface area contributed by atoms with Crippen LogP contribution in [0.2, 0.25) is 5.28 Å². The number of anilines is 1. The van der Waals surface area contributed by atoms with Crippen LogP contribution in [0.1, 0.15) is 18.5 Å². The van der Waals surface area contributed by atoms with Crippen LogP contribution in [0, 0.1) is 6.92 Å². The van der Waals surface area contributed by atoms with Crippen molar-refractivity contribution >= 4 is 29.3 Å². The first kappa shape index (κ1) is 12.7. The maximum absolute atomic E-state index is 5.95. The zero-order chi connectivity index (χ0) is 13.2. The van der Waals surface area contributed by atoms with Crippen LogP contribution in [0.15, 0.2) is 21.1 Å². The average molecular weight is 298 g/mol. The Hall–Kier alpha value is -1.34. The predicted molar refractivity (Wildman–Crippen MR) is 71.6 cm³/mol. The van der Waals surface area contributed by atoms with E-state index in [0.717, 1.165) is 31.6 Å². The van der Waals surface area contributed by atoms with Crippen LogP contribution in [0.5, 0.6) is 0 Å². The monoisotopic (exact) mass is 297 g/mol. The minimum absolute atomic E-state index is 0.197. The Balaban J connectivity index is 1.84. The number of halogens is 1. The molecule has 0 N–H and O–H groups in total. The number of hydrogen-bond donors (Lipinski definition) is 0. The van der Waals surface area contributed by atoms with Gasteiger partial charge < -0.3 is 9.32 Å². The Bertz CT molecular complexity index is 584. The standard InChI is InChI=1S/C11H12ClN5OS/c1-7-6-18-11(13-7)19-10-15-8(12)14-9(16-10)17-4-2-3-5-17/h6H,2-5H2,1H3. The molecular weight excluding hydrogens is 286 g/mol. The molecule has 8 heteroatoms. The second-order valence-corrected chi connectivity index (χ2v) is 5.49. The van der Waals surface area contributed by atoms with Crippen molar-refractivity contribution in [3.8, 4) is 0 Å². The highest BCUT2D eigenvalue weighted by atomic mass is 35.5. The van der Waals surface area contributed by atoms with Crippen molar-refractivity contribution in [1.82, 2.24) is 19.9 Å². The van der Waals surface area contributed by atoms with Crippen LogP contribution in [0.3, 0.4) is 0 Å². The van der Waals surface area contributed by atoms with E-state index in [9.17, 15) is 0 Å². The molecule has 0 aliphatic carbocycles. The summed E-state index contributed by atoms with van der Waals surface area (Å²) in [5, 5.41) is 1.21. The maximum atomic E-state index is 5.95. The Morgan fingerprint density at radius 3 is 2.68 bits per heavy atom. The SMILES string of the molecule is Cc1coc(Sc2nc(Cl)nc(N3CCCC3)n2)n1. The van der Waals surface area contributed by atoms with E-state index in [-0.39, 0.29) is 5.28 Å². The molecule has 0 spiro atoms. The van der Waals surface area contributed by atoms with Gasteiger partial charge >= 0.3 is 0 Å². The van der Waals surface area contributed by atoms with Crippen molar-refractivity contribution < 1.29 is 4.42 Å². The zero-order valence-corrected chi connectivity index (χ0v) is 11.9. The van der Waals surface area contributed by atoms with E-state index in [1.165, 1.54) is 11.8 Å². The molecule has 6 nitrogen and oxygen atoms in total. The van der Waals surface area contributed by atoms with Crippen LogP contribution >= 0.6 is 23.4 Å². The number of aromatic nitrogens is 4. The van der Waals surface area contributed by atoms with E-state index in [1.54, 1.807) is 6.26 Å². The largest absolute Gasteiger partial charge is 0.439 e. The van der Waals surface area contributed by atoms with Gasteiger partial charge in [0.15, 0.2) is 0 Å². The fourth-order valence-electron chi connectivity index (χ4n) is 1.88. The number of rotatable bonds is 3. The summed E-state index contributed by atoms with van der Waals surface area (Å²) in [6, 6.07) is 0. The highest BCUT2D eigenvalue weighted by Gasteiger charge is 2.18. The van der Waals surface area contributed by atoms with E-state index < -0.39 is 0 Å². The van der Waals surface area contributed by atoms with Gasteiger partial charge in [-0.05, 0) is 31.4 Å². The molecule has 1 fully saturated rings. The lowest BCUT2D eigenvalue weighted by Gasteiger charge is -2.14. The highest BCUT2D eigenvalue weighted by Crippen LogP contribution is 2.26. The van der Waals surface area contributed by atoms with Crippen LogP contribution in [-0.4, -0.2) is 33.0 Å². The molecule has 19 heavy (non-hydrogen) atoms. The van der Waals surface area contributed by atoms with Gasteiger partial charge in [-0.15, -0.1) is 0 Å². The lowest BCUT2D eigenvalue weighted by Crippen LogP contribution is -2.21. The van der Waals surface area contributed by atoms with E-state index in [4.69, 9.17) is 16.0 Å². The number of hydrogen-bond acceptors (Lipinski definition) is 7. The van der Waals surface area contributed by atoms with Gasteiger partial charge in [0.2, 0.25) is 16.4 Å². The summed E-state index contributed by atoms with van der Waals surface area (Å²) in [6.45, 7) is 3.79. The molecule has 0 unspecified atom stereocenters. The molecule has 3 rings (SSSR count). The fraction of sp³-hybridized carbons (Fsp3) is 0.455. The van der Waals surface area contributed by atoms with Crippen molar-refractivity contribution in [2.24, 2.45) is 0 Å². The van der Waals surface area contributed by atoms with Crippen molar-refractivity contribution in [3.63, 3.8) is 0 Å². The van der Waals surface area contributed by atoms with Crippen LogP contribution in [0.4, 0.5) is 5.95 Å². The first-order valence-electron chi connectivity index (χ1n) is 5.97. The van der Waals surface area contributed by atoms with Crippen molar-refractivity contribution in [2.75, 3.05) is 18.0 Å². The molecule has 0 amide bonds. The molecular formula is C11H12ClN5OS. The zero-order valence-electron chi connectivity index (χ0n) is 10.3. The Morgan fingerprint density at radius 2 is 2.00 bits per heavy atom. The summed E-state index contributed by atoms with van der Waals surface area (Å²) in [4.78, 5) is 19.0. The lowest BCUT2D eigenvalue weighted by atomic mass is 10.4. The van der Waals surface area contributed by atoms with Crippen LogP contribution in [0.25, 0.3) is 0 Å². The van der Waals surface area contributed by atoms with E-state index in [0.29, 0.717) is 16.3 Å². The van der Waals surface area contributed by atoms with E-state index in [1.807, 2.05) is 6.92 Å². The van der Waals surface area contributed by atoms with E-state index in [2.05, 4.69) is 24.8 Å². The smallest absolute Gasteiger partial charge is 0.263 e. The predicted octanol–water partition coefficient (Wildman–Crippen LogP) is 2.57. The second kappa shape index (κ2) is 5.34. The summed E-state index contributed by atoms with van der Waals surface area (Å²) in [5.74, 6) is 0.628. The average Bonchev–Trinajstić information content (AvgIpc) is 3.00. The van der Waals surface area contributed by atoms with Crippen LogP contribution < -0.4 is 4.90 Å². The number of aryl methyl sites for hydroxylation is 1. The molecule has 2 aromatic rings. The summed E-state index contributed by atoms with van der Waals surface area (Å²) in [7, 11) is 0. The molecule has 1 saturated heterocycles. The van der Waals surface area contributed by atoms with Gasteiger partial charge in [0.1, 0.15) is 6.26 Å². The van der Waals surface area contributed by atoms with Gasteiger partial charge in [0, 0.05) is 24.9 Å². The van der Waals surface area contributed by atoms with Crippen molar-refractivity contribution in [3.05, 3.63) is 17.2 Å². The minimum atomic E-state index is 0.197. The molecule has 0 saturated carbocycles. The van der Waals surface area contributed by atoms with Crippen LogP contribution in [-0.2, 0) is 0 Å². The van der Waals surface area contributed by atoms with Gasteiger partial charge in [-0.3, -0.25) is 0 Å². The molecule has 1 aliphatic rings. The molecule has 0 bridgehead atoms. The molecule has 0 radical (unpaired) electrons. The molecule has 2 aromatic heterocycles. The van der Waals surface area contributed by atoms with Gasteiger partial charge in [-0.1, -0.05) is 0 Å². The molecule has 0 atom stereocenters. The number of nitrogens with zero attached hydrogens (tertiary/aromatic N) is 5. The first-order valence-corrected chi connectivity index (χ1v) is 7.17. The molecule has 100 valence electrons. The summed E-state index contributed by atoms with van der Waals surface area (Å²) in [5.41, 5.74) is 0.822. The summed E-state index contributed by atoms with van der Waals surface area (Å²) >= 11 is 7.19. The third-order valence-electron chi connectivity index (χ3n) is 2.74. The topological polar surface area (TPSA) is 67.9 Å². The quantitative estimate of drug-likeness (QED) is 0.862. The lowest BCUT2D eigenvalue weighted by molar-refractivity contribution is 0.453. The molecule has 3 heterocycles. The molecule has 1 aliphatic heterocycles. The Morgan fingerprint density at radius 1 is 1.21 bits per heavy atom. The summed E-state index contributed by atoms with van der Waals surface area (Å²) < 4.78 is 5.27. The highest BCUT2D eigenvalue weighted by molar-refractivity contribution is 7.98. The van der Waals surface area contributed by atoms with Crippen molar-refractivity contribution in [2.45, 2.75) is 30.1 Å². The van der Waals surface area contributed by atoms with Crippen molar-refractivity contribution in [1.29, 1.82) is 0 Å². The third kappa shape index (κ3) is 2.98. The van der Waals surface area contributed by atoms with Gasteiger partial charge in [0.05, 0.1) is 5.69 Å². The maximum Gasteiger partial charge on any atom is 0.263 e. The Kier molecular flexibility index (Phi) is 3.56. The summed E-state index contributed by atoms with van der Waals surface area (Å²) in [6.07, 6.45) is 3.90. The van der Waals surface area contributed by atoms with E-state index >= 15 is 0 Å². The van der Waals surface area contributed by atoms with Gasteiger partial charge in [-0.2, -0.15) is 15.0 Å². The molecule has 0 aromatic carbocycles. The second-order valence-electron chi connectivity index (χ2n) is 4.24. The third-order valence-corrected chi connectivity index (χ3v) is 3.64. The van der Waals surface area contributed by atoms with Gasteiger partial charge in [-0.25, -0.2) is 4.98 Å². The Labute approximate surface area is 119 Å². The van der Waals surface area contributed by atoms with Gasteiger partial charge in [0.25, 0.3) is 5.22 Å².